The van der Waals surface area contributed by atoms with Gasteiger partial charge in [-0.05, 0) is 39.0 Å². The van der Waals surface area contributed by atoms with E-state index < -0.39 is 5.92 Å². The van der Waals surface area contributed by atoms with E-state index in [4.69, 9.17) is 4.74 Å². The molecule has 132 valence electrons. The van der Waals surface area contributed by atoms with E-state index in [1.54, 1.807) is 13.8 Å². The first kappa shape index (κ1) is 17.3. The Hall–Kier alpha value is -2.48. The van der Waals surface area contributed by atoms with Crippen LogP contribution in [0.5, 0.6) is 5.75 Å². The Bertz CT molecular complexity index is 957. The van der Waals surface area contributed by atoms with Crippen molar-refractivity contribution in [3.63, 3.8) is 0 Å². The van der Waals surface area contributed by atoms with E-state index >= 15 is 0 Å². The number of aromatic nitrogens is 4. The number of aromatic amines is 4. The van der Waals surface area contributed by atoms with Crippen LogP contribution in [0.4, 0.5) is 0 Å². The van der Waals surface area contributed by atoms with E-state index in [1.807, 2.05) is 25.1 Å². The summed E-state index contributed by atoms with van der Waals surface area (Å²) in [6.07, 6.45) is 0. The van der Waals surface area contributed by atoms with Crippen LogP contribution in [0.3, 0.4) is 0 Å². The molecule has 7 nitrogen and oxygen atoms in total. The molecule has 0 fully saturated rings. The zero-order valence-corrected chi connectivity index (χ0v) is 15.7. The van der Waals surface area contributed by atoms with Gasteiger partial charge in [-0.1, -0.05) is 15.9 Å². The van der Waals surface area contributed by atoms with Crippen molar-refractivity contribution in [2.45, 2.75) is 26.7 Å². The fraction of sp³-hybridized carbons (Fsp3) is 0.294. The molecule has 0 bridgehead atoms. The van der Waals surface area contributed by atoms with Crippen molar-refractivity contribution in [3.8, 4) is 5.75 Å². The van der Waals surface area contributed by atoms with Crippen LogP contribution in [0.1, 0.15) is 40.9 Å². The quantitative estimate of drug-likeness (QED) is 0.523. The minimum absolute atomic E-state index is 0.259. The molecule has 0 radical (unpaired) electrons. The molecule has 0 aliphatic heterocycles. The first-order valence-electron chi connectivity index (χ1n) is 7.90. The van der Waals surface area contributed by atoms with Crippen LogP contribution < -0.4 is 15.9 Å². The standard InChI is InChI=1S/C17H19BrN4O3/c1-4-25-12-6-5-10(18)7-11(12)15(13-8(2)19-21-16(13)23)14-9(3)20-22-17(14)24/h5-7,15H,4H2,1-3H3,(H2,19,21,23)(H2,20,22,24). The Morgan fingerprint density at radius 2 is 1.56 bits per heavy atom. The van der Waals surface area contributed by atoms with Crippen LogP contribution in [-0.4, -0.2) is 27.0 Å². The van der Waals surface area contributed by atoms with Gasteiger partial charge in [0.25, 0.3) is 11.1 Å². The van der Waals surface area contributed by atoms with Crippen LogP contribution in [0.25, 0.3) is 0 Å². The third-order valence-corrected chi connectivity index (χ3v) is 4.68. The normalized spacial score (nSPS) is 11.2. The maximum atomic E-state index is 12.5. The smallest absolute Gasteiger partial charge is 0.268 e. The summed E-state index contributed by atoms with van der Waals surface area (Å²) in [6, 6.07) is 5.59. The highest BCUT2D eigenvalue weighted by Gasteiger charge is 2.30. The number of halogens is 1. The predicted octanol–water partition coefficient (Wildman–Crippen LogP) is 2.68. The van der Waals surface area contributed by atoms with Crippen molar-refractivity contribution in [2.24, 2.45) is 0 Å². The van der Waals surface area contributed by atoms with Crippen LogP contribution in [-0.2, 0) is 0 Å². The molecule has 0 aliphatic rings. The van der Waals surface area contributed by atoms with Gasteiger partial charge in [0.05, 0.1) is 23.7 Å². The summed E-state index contributed by atoms with van der Waals surface area (Å²) in [5.41, 5.74) is 2.57. The molecule has 0 amide bonds. The average molecular weight is 407 g/mol. The van der Waals surface area contributed by atoms with Crippen LogP contribution >= 0.6 is 15.9 Å². The lowest BCUT2D eigenvalue weighted by Gasteiger charge is -2.19. The van der Waals surface area contributed by atoms with Crippen LogP contribution in [0.15, 0.2) is 32.3 Å². The highest BCUT2D eigenvalue weighted by Crippen LogP contribution is 2.38. The lowest BCUT2D eigenvalue weighted by molar-refractivity contribution is 0.336. The molecule has 2 aromatic heterocycles. The van der Waals surface area contributed by atoms with Crippen molar-refractivity contribution in [1.29, 1.82) is 0 Å². The molecule has 3 rings (SSSR count). The summed E-state index contributed by atoms with van der Waals surface area (Å²) in [5.74, 6) is 0.0692. The minimum atomic E-state index is -0.566. The molecule has 25 heavy (non-hydrogen) atoms. The summed E-state index contributed by atoms with van der Waals surface area (Å²) in [6.45, 7) is 5.97. The molecule has 8 heteroatoms. The van der Waals surface area contributed by atoms with Crippen LogP contribution in [0, 0.1) is 13.8 Å². The Labute approximate surface area is 151 Å². The first-order chi connectivity index (χ1) is 11.9. The summed E-state index contributed by atoms with van der Waals surface area (Å²) in [5, 5.41) is 10.9. The number of hydrogen-bond acceptors (Lipinski definition) is 3. The van der Waals surface area contributed by atoms with E-state index in [-0.39, 0.29) is 11.1 Å². The molecular formula is C17H19BrN4O3. The molecule has 0 unspecified atom stereocenters. The fourth-order valence-electron chi connectivity index (χ4n) is 3.09. The SMILES string of the molecule is CCOc1ccc(Br)cc1C(c1c(C)[nH][nH]c1=O)c1c(C)[nH][nH]c1=O. The number of hydrogen-bond donors (Lipinski definition) is 4. The van der Waals surface area contributed by atoms with Gasteiger partial charge < -0.3 is 14.9 Å². The summed E-state index contributed by atoms with van der Waals surface area (Å²) < 4.78 is 6.60. The number of ether oxygens (including phenoxy) is 1. The molecule has 0 atom stereocenters. The second kappa shape index (κ2) is 6.79. The predicted molar refractivity (Wildman–Crippen MR) is 98.6 cm³/mol. The van der Waals surface area contributed by atoms with Gasteiger partial charge in [-0.15, -0.1) is 0 Å². The zero-order valence-electron chi connectivity index (χ0n) is 14.1. The van der Waals surface area contributed by atoms with Crippen LogP contribution in [0.2, 0.25) is 0 Å². The van der Waals surface area contributed by atoms with Crippen molar-refractivity contribution in [2.75, 3.05) is 6.61 Å². The van der Waals surface area contributed by atoms with Crippen molar-refractivity contribution in [3.05, 3.63) is 71.5 Å². The van der Waals surface area contributed by atoms with Gasteiger partial charge in [-0.2, -0.15) is 0 Å². The van der Waals surface area contributed by atoms with E-state index in [2.05, 4.69) is 36.3 Å². The van der Waals surface area contributed by atoms with Crippen molar-refractivity contribution in [1.82, 2.24) is 20.4 Å². The Morgan fingerprint density at radius 3 is 2.00 bits per heavy atom. The number of H-pyrrole nitrogens is 4. The van der Waals surface area contributed by atoms with E-state index in [0.29, 0.717) is 34.9 Å². The number of nitrogens with one attached hydrogen (secondary N) is 4. The molecule has 1 aromatic carbocycles. The first-order valence-corrected chi connectivity index (χ1v) is 8.69. The van der Waals surface area contributed by atoms with Gasteiger partial charge >= 0.3 is 0 Å². The molecular weight excluding hydrogens is 388 g/mol. The van der Waals surface area contributed by atoms with Gasteiger partial charge in [0, 0.05) is 21.4 Å². The molecule has 3 aromatic rings. The minimum Gasteiger partial charge on any atom is -0.494 e. The van der Waals surface area contributed by atoms with Gasteiger partial charge in [0.15, 0.2) is 0 Å². The third kappa shape index (κ3) is 3.09. The average Bonchev–Trinajstić information content (AvgIpc) is 3.07. The van der Waals surface area contributed by atoms with Gasteiger partial charge in [-0.3, -0.25) is 19.8 Å². The second-order valence-electron chi connectivity index (χ2n) is 5.78. The number of benzene rings is 1. The fourth-order valence-corrected chi connectivity index (χ4v) is 3.47. The molecule has 0 spiro atoms. The third-order valence-electron chi connectivity index (χ3n) is 4.18. The van der Waals surface area contributed by atoms with Gasteiger partial charge in [0.2, 0.25) is 0 Å². The second-order valence-corrected chi connectivity index (χ2v) is 6.70. The maximum Gasteiger partial charge on any atom is 0.268 e. The molecule has 0 saturated carbocycles. The zero-order chi connectivity index (χ0) is 18.1. The van der Waals surface area contributed by atoms with Crippen molar-refractivity contribution < 1.29 is 4.74 Å². The van der Waals surface area contributed by atoms with Gasteiger partial charge in [0.1, 0.15) is 5.75 Å². The summed E-state index contributed by atoms with van der Waals surface area (Å²) in [4.78, 5) is 24.9. The summed E-state index contributed by atoms with van der Waals surface area (Å²) >= 11 is 3.47. The lowest BCUT2D eigenvalue weighted by Crippen LogP contribution is -2.21. The van der Waals surface area contributed by atoms with Gasteiger partial charge in [-0.25, -0.2) is 0 Å². The summed E-state index contributed by atoms with van der Waals surface area (Å²) in [7, 11) is 0. The van der Waals surface area contributed by atoms with E-state index in [9.17, 15) is 9.59 Å². The molecule has 2 heterocycles. The topological polar surface area (TPSA) is 107 Å². The number of rotatable bonds is 5. The maximum absolute atomic E-state index is 12.5. The largest absolute Gasteiger partial charge is 0.494 e. The van der Waals surface area contributed by atoms with E-state index in [1.165, 1.54) is 0 Å². The molecule has 0 aliphatic carbocycles. The highest BCUT2D eigenvalue weighted by atomic mass is 79.9. The molecule has 0 saturated heterocycles. The lowest BCUT2D eigenvalue weighted by atomic mass is 9.85. The Balaban J connectivity index is 2.36. The number of aryl methyl sites for hydroxylation is 2. The van der Waals surface area contributed by atoms with E-state index in [0.717, 1.165) is 10.0 Å². The molecule has 4 N–H and O–H groups in total. The Morgan fingerprint density at radius 1 is 1.00 bits per heavy atom. The monoisotopic (exact) mass is 406 g/mol. The Kier molecular flexibility index (Phi) is 4.71. The van der Waals surface area contributed by atoms with Crippen molar-refractivity contribution >= 4 is 15.9 Å². The highest BCUT2D eigenvalue weighted by molar-refractivity contribution is 9.10.